The van der Waals surface area contributed by atoms with E-state index >= 15 is 0 Å². The Labute approximate surface area is 132 Å². The van der Waals surface area contributed by atoms with E-state index in [0.29, 0.717) is 6.61 Å². The van der Waals surface area contributed by atoms with Gasteiger partial charge in [-0.15, -0.1) is 0 Å². The molecule has 21 heavy (non-hydrogen) atoms. The van der Waals surface area contributed by atoms with Crippen molar-refractivity contribution in [3.05, 3.63) is 35.4 Å². The predicted octanol–water partition coefficient (Wildman–Crippen LogP) is 3.43. The Balaban J connectivity index is 2.15. The Hall–Kier alpha value is -0.965. The third-order valence-electron chi connectivity index (χ3n) is 4.18. The molecular formula is C16H22BClO3. The van der Waals surface area contributed by atoms with Gasteiger partial charge in [0.1, 0.15) is 12.4 Å². The number of hydrogen-bond donors (Lipinski definition) is 0. The van der Waals surface area contributed by atoms with Crippen molar-refractivity contribution >= 4 is 24.2 Å². The van der Waals surface area contributed by atoms with Gasteiger partial charge in [0.25, 0.3) is 0 Å². The molecule has 1 aliphatic rings. The number of aryl methyl sites for hydroxylation is 1. The van der Waals surface area contributed by atoms with Gasteiger partial charge in [-0.1, -0.05) is 17.7 Å². The highest BCUT2D eigenvalue weighted by Crippen LogP contribution is 2.36. The van der Waals surface area contributed by atoms with Gasteiger partial charge < -0.3 is 14.0 Å². The topological polar surface area (TPSA) is 27.7 Å². The molecular weight excluding hydrogens is 286 g/mol. The summed E-state index contributed by atoms with van der Waals surface area (Å²) in [7, 11) is -0.341. The van der Waals surface area contributed by atoms with Crippen molar-refractivity contribution in [2.75, 3.05) is 6.61 Å². The van der Waals surface area contributed by atoms with Gasteiger partial charge in [-0.2, -0.15) is 0 Å². The van der Waals surface area contributed by atoms with Crippen molar-refractivity contribution in [1.82, 2.24) is 0 Å². The molecule has 2 rings (SSSR count). The molecule has 0 bridgehead atoms. The zero-order valence-electron chi connectivity index (χ0n) is 13.3. The quantitative estimate of drug-likeness (QED) is 0.798. The molecule has 1 saturated heterocycles. The molecule has 0 unspecified atom stereocenters. The van der Waals surface area contributed by atoms with Gasteiger partial charge in [-0.3, -0.25) is 0 Å². The molecule has 5 heteroatoms. The maximum absolute atomic E-state index is 6.08. The van der Waals surface area contributed by atoms with Crippen LogP contribution in [0, 0.1) is 6.92 Å². The molecule has 0 aromatic heterocycles. The van der Waals surface area contributed by atoms with Crippen molar-refractivity contribution in [3.8, 4) is 5.75 Å². The molecule has 0 N–H and O–H groups in total. The van der Waals surface area contributed by atoms with Crippen molar-refractivity contribution in [2.45, 2.75) is 45.8 Å². The number of rotatable bonds is 4. The van der Waals surface area contributed by atoms with Crippen LogP contribution in [0.5, 0.6) is 5.75 Å². The molecule has 0 amide bonds. The van der Waals surface area contributed by atoms with Gasteiger partial charge in [-0.25, -0.2) is 0 Å². The fraction of sp³-hybridized carbons (Fsp3) is 0.500. The molecule has 1 aromatic carbocycles. The van der Waals surface area contributed by atoms with Gasteiger partial charge in [-0.05, 0) is 63.9 Å². The van der Waals surface area contributed by atoms with Crippen molar-refractivity contribution in [2.24, 2.45) is 0 Å². The highest BCUT2D eigenvalue weighted by Gasteiger charge is 2.52. The van der Waals surface area contributed by atoms with Gasteiger partial charge >= 0.3 is 7.12 Å². The van der Waals surface area contributed by atoms with Gasteiger partial charge in [0.15, 0.2) is 0 Å². The molecule has 0 atom stereocenters. The summed E-state index contributed by atoms with van der Waals surface area (Å²) in [4.78, 5) is 0. The van der Waals surface area contributed by atoms with Crippen LogP contribution in [-0.4, -0.2) is 24.9 Å². The van der Waals surface area contributed by atoms with E-state index in [-0.39, 0.29) is 18.3 Å². The second kappa shape index (κ2) is 6.03. The Morgan fingerprint density at radius 3 is 2.33 bits per heavy atom. The summed E-state index contributed by atoms with van der Waals surface area (Å²) in [5, 5.41) is 0. The summed E-state index contributed by atoms with van der Waals surface area (Å²) in [6.45, 7) is 10.7. The highest BCUT2D eigenvalue weighted by atomic mass is 35.5. The highest BCUT2D eigenvalue weighted by molar-refractivity contribution is 6.62. The SMILES string of the molecule is Cc1cc(OC/C=C/Cl)ccc1B1OC(C)(C)C(C)(C)O1. The van der Waals surface area contributed by atoms with Crippen LogP contribution < -0.4 is 10.2 Å². The zero-order valence-corrected chi connectivity index (χ0v) is 14.0. The lowest BCUT2D eigenvalue weighted by atomic mass is 9.76. The predicted molar refractivity (Wildman–Crippen MR) is 87.4 cm³/mol. The molecule has 114 valence electrons. The minimum atomic E-state index is -0.341. The number of benzene rings is 1. The number of ether oxygens (including phenoxy) is 1. The number of halogens is 1. The van der Waals surface area contributed by atoms with Crippen LogP contribution in [0.1, 0.15) is 33.3 Å². The maximum atomic E-state index is 6.08. The number of hydrogen-bond acceptors (Lipinski definition) is 3. The second-order valence-corrected chi connectivity index (χ2v) is 6.53. The first-order valence-corrected chi connectivity index (χ1v) is 7.55. The largest absolute Gasteiger partial charge is 0.495 e. The van der Waals surface area contributed by atoms with Gasteiger partial charge in [0.2, 0.25) is 0 Å². The van der Waals surface area contributed by atoms with Crippen LogP contribution in [0.4, 0.5) is 0 Å². The zero-order chi connectivity index (χ0) is 15.7. The molecule has 0 spiro atoms. The standard InChI is InChI=1S/C16H22BClO3/c1-12-11-13(19-10-6-9-18)7-8-14(12)17-20-15(2,3)16(4,5)21-17/h6-9,11H,10H2,1-5H3/b9-6+. The van der Waals surface area contributed by atoms with Gasteiger partial charge in [0, 0.05) is 5.54 Å². The fourth-order valence-electron chi connectivity index (χ4n) is 2.15. The summed E-state index contributed by atoms with van der Waals surface area (Å²) >= 11 is 5.47. The summed E-state index contributed by atoms with van der Waals surface area (Å²) in [5.74, 6) is 0.808. The van der Waals surface area contributed by atoms with Crippen molar-refractivity contribution < 1.29 is 14.0 Å². The van der Waals surface area contributed by atoms with E-state index in [4.69, 9.17) is 25.6 Å². The van der Waals surface area contributed by atoms with E-state index < -0.39 is 0 Å². The molecule has 1 aromatic rings. The normalized spacial score (nSPS) is 20.2. The summed E-state index contributed by atoms with van der Waals surface area (Å²) < 4.78 is 17.7. The van der Waals surface area contributed by atoms with Crippen LogP contribution in [-0.2, 0) is 9.31 Å². The molecule has 1 heterocycles. The third kappa shape index (κ3) is 3.45. The van der Waals surface area contributed by atoms with E-state index in [0.717, 1.165) is 16.8 Å². The Morgan fingerprint density at radius 1 is 1.19 bits per heavy atom. The average molecular weight is 309 g/mol. The average Bonchev–Trinajstić information content (AvgIpc) is 2.58. The van der Waals surface area contributed by atoms with E-state index in [1.165, 1.54) is 5.54 Å². The smallest absolute Gasteiger partial charge is 0.489 e. The molecule has 0 radical (unpaired) electrons. The van der Waals surface area contributed by atoms with E-state index in [2.05, 4.69) is 27.7 Å². The summed E-state index contributed by atoms with van der Waals surface area (Å²) in [5.41, 5.74) is 2.91. The lowest BCUT2D eigenvalue weighted by Crippen LogP contribution is -2.41. The van der Waals surface area contributed by atoms with Crippen LogP contribution >= 0.6 is 11.6 Å². The third-order valence-corrected chi connectivity index (χ3v) is 4.36. The Morgan fingerprint density at radius 2 is 1.81 bits per heavy atom. The minimum Gasteiger partial charge on any atom is -0.489 e. The van der Waals surface area contributed by atoms with Crippen molar-refractivity contribution in [1.29, 1.82) is 0 Å². The van der Waals surface area contributed by atoms with E-state index in [9.17, 15) is 0 Å². The first-order valence-electron chi connectivity index (χ1n) is 7.11. The van der Waals surface area contributed by atoms with Gasteiger partial charge in [0.05, 0.1) is 11.2 Å². The lowest BCUT2D eigenvalue weighted by Gasteiger charge is -2.32. The van der Waals surface area contributed by atoms with Crippen LogP contribution in [0.2, 0.25) is 0 Å². The summed E-state index contributed by atoms with van der Waals surface area (Å²) in [6, 6.07) is 5.91. The molecule has 3 nitrogen and oxygen atoms in total. The summed E-state index contributed by atoms with van der Waals surface area (Å²) in [6.07, 6.45) is 1.75. The molecule has 0 saturated carbocycles. The van der Waals surface area contributed by atoms with Crippen LogP contribution in [0.25, 0.3) is 0 Å². The van der Waals surface area contributed by atoms with Crippen molar-refractivity contribution in [3.63, 3.8) is 0 Å². The fourth-order valence-corrected chi connectivity index (χ4v) is 2.23. The Bertz CT molecular complexity index is 524. The first-order chi connectivity index (χ1) is 9.77. The molecule has 0 aliphatic carbocycles. The Kier molecular flexibility index (Phi) is 4.71. The van der Waals surface area contributed by atoms with Crippen LogP contribution in [0.15, 0.2) is 29.8 Å². The van der Waals surface area contributed by atoms with Crippen LogP contribution in [0.3, 0.4) is 0 Å². The lowest BCUT2D eigenvalue weighted by molar-refractivity contribution is 0.00578. The monoisotopic (exact) mass is 308 g/mol. The maximum Gasteiger partial charge on any atom is 0.495 e. The molecule has 1 aliphatic heterocycles. The van der Waals surface area contributed by atoms with E-state index in [1.807, 2.05) is 25.1 Å². The first kappa shape index (κ1) is 16.4. The minimum absolute atomic E-state index is 0.329. The molecule has 1 fully saturated rings. The van der Waals surface area contributed by atoms with E-state index in [1.54, 1.807) is 6.08 Å². The second-order valence-electron chi connectivity index (χ2n) is 6.28.